The first-order valence-electron chi connectivity index (χ1n) is 11.0. The van der Waals surface area contributed by atoms with E-state index >= 15 is 0 Å². The Hall–Kier alpha value is -4.64. The van der Waals surface area contributed by atoms with E-state index in [-0.39, 0.29) is 5.91 Å². The zero-order chi connectivity index (χ0) is 24.0. The molecule has 6 rings (SSSR count). The number of nitrogens with zero attached hydrogens (tertiary/aromatic N) is 8. The van der Waals surface area contributed by atoms with E-state index in [9.17, 15) is 9.90 Å². The van der Waals surface area contributed by atoms with Gasteiger partial charge in [0.2, 0.25) is 5.95 Å². The van der Waals surface area contributed by atoms with Crippen LogP contribution in [0.2, 0.25) is 0 Å². The fraction of sp³-hybridized carbons (Fsp3) is 0.167. The molecule has 0 bridgehead atoms. The normalized spacial score (nSPS) is 17.9. The van der Waals surface area contributed by atoms with Crippen molar-refractivity contribution in [3.8, 4) is 17.2 Å². The molecule has 11 nitrogen and oxygen atoms in total. The number of hydrogen-bond donors (Lipinski definition) is 2. The summed E-state index contributed by atoms with van der Waals surface area (Å²) >= 11 is 0. The van der Waals surface area contributed by atoms with Gasteiger partial charge in [0.25, 0.3) is 5.91 Å². The van der Waals surface area contributed by atoms with Crippen LogP contribution in [-0.4, -0.2) is 63.9 Å². The largest absolute Gasteiger partial charge is 0.375 e. The molecule has 0 radical (unpaired) electrons. The molecule has 1 unspecified atom stereocenters. The molecule has 6 heterocycles. The second-order valence-electron chi connectivity index (χ2n) is 8.37. The fourth-order valence-corrected chi connectivity index (χ4v) is 4.19. The summed E-state index contributed by atoms with van der Waals surface area (Å²) in [6, 6.07) is 13.1. The van der Waals surface area contributed by atoms with Crippen molar-refractivity contribution in [2.24, 2.45) is 0 Å². The molecule has 174 valence electrons. The highest BCUT2D eigenvalue weighted by atomic mass is 16.3. The van der Waals surface area contributed by atoms with E-state index in [0.29, 0.717) is 41.7 Å². The Balaban J connectivity index is 1.28. The van der Waals surface area contributed by atoms with Crippen molar-refractivity contribution < 1.29 is 9.90 Å². The molecule has 0 aliphatic carbocycles. The monoisotopic (exact) mass is 467 g/mol. The summed E-state index contributed by atoms with van der Waals surface area (Å²) in [4.78, 5) is 27.6. The number of amides is 1. The molecule has 1 amide bonds. The van der Waals surface area contributed by atoms with Gasteiger partial charge in [-0.2, -0.15) is 10.2 Å². The third kappa shape index (κ3) is 3.58. The van der Waals surface area contributed by atoms with Gasteiger partial charge in [0.05, 0.1) is 35.0 Å². The summed E-state index contributed by atoms with van der Waals surface area (Å²) in [5, 5.41) is 22.8. The maximum absolute atomic E-state index is 12.4. The number of rotatable bonds is 5. The quantitative estimate of drug-likeness (QED) is 0.403. The topological polar surface area (TPSA) is 126 Å². The van der Waals surface area contributed by atoms with Crippen LogP contribution in [0.3, 0.4) is 0 Å². The molecular formula is C24H21N9O2. The number of likely N-dealkylation sites (tertiary alicyclic amines) is 1. The van der Waals surface area contributed by atoms with Crippen LogP contribution in [0.4, 0.5) is 11.6 Å². The lowest BCUT2D eigenvalue weighted by Crippen LogP contribution is -2.35. The number of pyridine rings is 2. The van der Waals surface area contributed by atoms with Crippen LogP contribution < -0.4 is 5.32 Å². The van der Waals surface area contributed by atoms with Crippen molar-refractivity contribution in [3.05, 3.63) is 79.0 Å². The molecule has 1 saturated heterocycles. The van der Waals surface area contributed by atoms with Crippen molar-refractivity contribution in [2.45, 2.75) is 12.0 Å². The highest BCUT2D eigenvalue weighted by Gasteiger charge is 2.46. The SMILES string of the molecule is CN1CCC(O)(c2cnn(-c3cccc(-c4ccnc(Nc5cnn6ccccc56)n4)n3)c2)C1=O. The van der Waals surface area contributed by atoms with Crippen molar-refractivity contribution >= 4 is 23.1 Å². The number of anilines is 2. The molecule has 5 aromatic rings. The van der Waals surface area contributed by atoms with Crippen molar-refractivity contribution in [1.29, 1.82) is 0 Å². The third-order valence-corrected chi connectivity index (χ3v) is 6.13. The lowest BCUT2D eigenvalue weighted by atomic mass is 9.95. The molecule has 2 N–H and O–H groups in total. The van der Waals surface area contributed by atoms with E-state index in [2.05, 4.69) is 30.5 Å². The van der Waals surface area contributed by atoms with Crippen LogP contribution in [0.15, 0.2) is 73.4 Å². The lowest BCUT2D eigenvalue weighted by molar-refractivity contribution is -0.143. The summed E-state index contributed by atoms with van der Waals surface area (Å²) in [7, 11) is 1.68. The number of fused-ring (bicyclic) bond motifs is 1. The molecule has 1 aliphatic heterocycles. The Morgan fingerprint density at radius 3 is 2.77 bits per heavy atom. The summed E-state index contributed by atoms with van der Waals surface area (Å²) < 4.78 is 3.31. The molecule has 35 heavy (non-hydrogen) atoms. The van der Waals surface area contributed by atoms with E-state index in [0.717, 1.165) is 11.2 Å². The molecule has 1 aliphatic rings. The first kappa shape index (κ1) is 20.9. The number of carbonyl (C=O) groups excluding carboxylic acids is 1. The minimum absolute atomic E-state index is 0.324. The average Bonchev–Trinajstić information content (AvgIpc) is 3.61. The summed E-state index contributed by atoms with van der Waals surface area (Å²) in [6.45, 7) is 0.494. The zero-order valence-corrected chi connectivity index (χ0v) is 18.8. The second-order valence-corrected chi connectivity index (χ2v) is 8.37. The highest BCUT2D eigenvalue weighted by molar-refractivity contribution is 5.88. The first-order valence-corrected chi connectivity index (χ1v) is 11.0. The highest BCUT2D eigenvalue weighted by Crippen LogP contribution is 2.32. The Labute approximate surface area is 199 Å². The molecule has 0 spiro atoms. The Morgan fingerprint density at radius 2 is 1.91 bits per heavy atom. The molecular weight excluding hydrogens is 446 g/mol. The Kier molecular flexibility index (Phi) is 4.78. The predicted molar refractivity (Wildman–Crippen MR) is 127 cm³/mol. The molecule has 1 fully saturated rings. The maximum atomic E-state index is 12.4. The van der Waals surface area contributed by atoms with Crippen molar-refractivity contribution in [1.82, 2.24) is 39.2 Å². The molecule has 0 saturated carbocycles. The van der Waals surface area contributed by atoms with Crippen molar-refractivity contribution in [3.63, 3.8) is 0 Å². The predicted octanol–water partition coefficient (Wildman–Crippen LogP) is 2.17. The number of likely N-dealkylation sites (N-methyl/N-ethyl adjacent to an activating group) is 1. The van der Waals surface area contributed by atoms with E-state index in [1.54, 1.807) is 47.0 Å². The van der Waals surface area contributed by atoms with Crippen molar-refractivity contribution in [2.75, 3.05) is 18.9 Å². The lowest BCUT2D eigenvalue weighted by Gasteiger charge is -2.18. The average molecular weight is 467 g/mol. The van der Waals surface area contributed by atoms with Gasteiger partial charge in [-0.3, -0.25) is 4.79 Å². The minimum Gasteiger partial charge on any atom is -0.375 e. The van der Waals surface area contributed by atoms with Crippen LogP contribution in [0.1, 0.15) is 12.0 Å². The fourth-order valence-electron chi connectivity index (χ4n) is 4.19. The molecule has 11 heteroatoms. The van der Waals surface area contributed by atoms with Crippen LogP contribution in [0.5, 0.6) is 0 Å². The molecule has 0 aromatic carbocycles. The van der Waals surface area contributed by atoms with Gasteiger partial charge in [-0.15, -0.1) is 0 Å². The second kappa shape index (κ2) is 7.99. The van der Waals surface area contributed by atoms with Crippen LogP contribution in [-0.2, 0) is 10.4 Å². The number of hydrogen-bond acceptors (Lipinski definition) is 8. The van der Waals surface area contributed by atoms with Gasteiger partial charge >= 0.3 is 0 Å². The molecule has 5 aromatic heterocycles. The smallest absolute Gasteiger partial charge is 0.259 e. The van der Waals surface area contributed by atoms with E-state index in [1.165, 1.54) is 11.1 Å². The van der Waals surface area contributed by atoms with Gasteiger partial charge in [0, 0.05) is 44.2 Å². The summed E-state index contributed by atoms with van der Waals surface area (Å²) in [5.41, 5.74) is 1.83. The maximum Gasteiger partial charge on any atom is 0.259 e. The zero-order valence-electron chi connectivity index (χ0n) is 18.8. The number of aliphatic hydroxyl groups is 1. The van der Waals surface area contributed by atoms with Gasteiger partial charge in [-0.25, -0.2) is 24.1 Å². The standard InChI is InChI=1S/C24H21N9O2/c1-31-12-9-24(35,22(31)34)16-13-26-33(15-16)21-7-4-5-17(28-21)18-8-10-25-23(29-18)30-19-14-27-32-11-3-2-6-20(19)32/h2-8,10-11,13-15,35H,9,12H2,1H3,(H,25,29,30). The third-order valence-electron chi connectivity index (χ3n) is 6.13. The van der Waals surface area contributed by atoms with E-state index in [1.807, 2.05) is 36.5 Å². The number of carbonyl (C=O) groups is 1. The van der Waals surface area contributed by atoms with Gasteiger partial charge in [0.15, 0.2) is 11.4 Å². The Bertz CT molecular complexity index is 1560. The van der Waals surface area contributed by atoms with Gasteiger partial charge in [0.1, 0.15) is 0 Å². The van der Waals surface area contributed by atoms with Gasteiger partial charge in [-0.05, 0) is 30.3 Å². The van der Waals surface area contributed by atoms with Crippen LogP contribution in [0, 0.1) is 0 Å². The summed E-state index contributed by atoms with van der Waals surface area (Å²) in [6.07, 6.45) is 8.72. The minimum atomic E-state index is -1.56. The van der Waals surface area contributed by atoms with Crippen LogP contribution >= 0.6 is 0 Å². The van der Waals surface area contributed by atoms with Crippen LogP contribution in [0.25, 0.3) is 22.7 Å². The van der Waals surface area contributed by atoms with Gasteiger partial charge < -0.3 is 15.3 Å². The Morgan fingerprint density at radius 1 is 1.03 bits per heavy atom. The number of aromatic nitrogens is 7. The first-order chi connectivity index (χ1) is 17.0. The number of nitrogens with one attached hydrogen (secondary N) is 1. The van der Waals surface area contributed by atoms with E-state index < -0.39 is 5.60 Å². The van der Waals surface area contributed by atoms with Gasteiger partial charge in [-0.1, -0.05) is 12.1 Å². The molecule has 1 atom stereocenters. The van der Waals surface area contributed by atoms with E-state index in [4.69, 9.17) is 0 Å². The summed E-state index contributed by atoms with van der Waals surface area (Å²) in [5.74, 6) is 0.624.